The molecular formula is C17H17Cl2Zr. The van der Waals surface area contributed by atoms with Gasteiger partial charge in [0.2, 0.25) is 0 Å². The molecule has 0 fully saturated rings. The smallest absolute Gasteiger partial charge is 1.00 e. The second-order valence-electron chi connectivity index (χ2n) is 6.10. The van der Waals surface area contributed by atoms with Crippen molar-refractivity contribution in [1.82, 2.24) is 0 Å². The molecule has 0 amide bonds. The number of hydrogen-bond acceptors (Lipinski definition) is 0. The third kappa shape index (κ3) is 2.91. The first-order chi connectivity index (χ1) is 8.48. The van der Waals surface area contributed by atoms with Crippen molar-refractivity contribution in [2.45, 2.75) is 32.6 Å². The molecule has 0 unspecified atom stereocenters. The maximum absolute atomic E-state index is 2.33. The van der Waals surface area contributed by atoms with Gasteiger partial charge in [-0.2, -0.15) is 0 Å². The quantitative estimate of drug-likeness (QED) is 0.411. The molecule has 0 bridgehead atoms. The van der Waals surface area contributed by atoms with E-state index in [4.69, 9.17) is 0 Å². The second-order valence-corrected chi connectivity index (χ2v) is 7.42. The summed E-state index contributed by atoms with van der Waals surface area (Å²) in [6.07, 6.45) is 1.11. The number of fused-ring (bicyclic) bond motifs is 3. The normalized spacial score (nSPS) is 12.1. The van der Waals surface area contributed by atoms with Crippen LogP contribution in [0.1, 0.15) is 37.5 Å². The van der Waals surface area contributed by atoms with Gasteiger partial charge in [-0.3, -0.25) is 0 Å². The van der Waals surface area contributed by atoms with Crippen molar-refractivity contribution in [3.63, 3.8) is 0 Å². The summed E-state index contributed by atoms with van der Waals surface area (Å²) in [7, 11) is 0. The third-order valence-corrected chi connectivity index (χ3v) is 4.76. The van der Waals surface area contributed by atoms with Crippen LogP contribution in [0, 0.1) is 0 Å². The van der Waals surface area contributed by atoms with Crippen LogP contribution in [-0.4, -0.2) is 0 Å². The summed E-state index contributed by atoms with van der Waals surface area (Å²) in [4.78, 5) is 0. The van der Waals surface area contributed by atoms with Crippen LogP contribution in [0.4, 0.5) is 0 Å². The SMILES string of the molecule is CC(C)(C)c1[c]([Zr+2])ccc2c1Cc1ccccc1-2.[Cl-].[Cl-]. The van der Waals surface area contributed by atoms with E-state index in [0.29, 0.717) is 0 Å². The molecular weight excluding hydrogens is 366 g/mol. The largest absolute Gasteiger partial charge is 1.00 e. The molecule has 0 saturated heterocycles. The Morgan fingerprint density at radius 2 is 1.55 bits per heavy atom. The molecule has 2 aromatic rings. The predicted octanol–water partition coefficient (Wildman–Crippen LogP) is -2.26. The topological polar surface area (TPSA) is 0 Å². The van der Waals surface area contributed by atoms with Gasteiger partial charge in [-0.15, -0.1) is 0 Å². The first-order valence-electron chi connectivity index (χ1n) is 6.45. The number of halogens is 2. The Morgan fingerprint density at radius 1 is 0.900 bits per heavy atom. The molecule has 103 valence electrons. The molecule has 0 aromatic heterocycles. The minimum absolute atomic E-state index is 0. The van der Waals surface area contributed by atoms with Gasteiger partial charge in [0.05, 0.1) is 0 Å². The zero-order valence-corrected chi connectivity index (χ0v) is 15.9. The van der Waals surface area contributed by atoms with E-state index in [0.717, 1.165) is 6.42 Å². The first-order valence-corrected chi connectivity index (χ1v) is 7.67. The van der Waals surface area contributed by atoms with E-state index in [1.807, 2.05) is 0 Å². The maximum atomic E-state index is 2.33. The summed E-state index contributed by atoms with van der Waals surface area (Å²) in [5.74, 6) is 0. The molecule has 20 heavy (non-hydrogen) atoms. The number of hydrogen-bond donors (Lipinski definition) is 0. The molecule has 0 spiro atoms. The van der Waals surface area contributed by atoms with Crippen LogP contribution in [0.25, 0.3) is 11.1 Å². The van der Waals surface area contributed by atoms with E-state index in [2.05, 4.69) is 57.2 Å². The fourth-order valence-corrected chi connectivity index (χ4v) is 4.57. The molecule has 0 radical (unpaired) electrons. The molecule has 3 heteroatoms. The molecule has 0 saturated carbocycles. The van der Waals surface area contributed by atoms with Gasteiger partial charge in [-0.05, 0) is 0 Å². The zero-order chi connectivity index (χ0) is 12.9. The van der Waals surface area contributed by atoms with E-state index in [-0.39, 0.29) is 30.2 Å². The molecule has 0 aliphatic heterocycles. The monoisotopic (exact) mass is 381 g/mol. The van der Waals surface area contributed by atoms with Gasteiger partial charge in [0.1, 0.15) is 0 Å². The zero-order valence-electron chi connectivity index (χ0n) is 11.9. The Hall–Kier alpha value is -0.0969. The summed E-state index contributed by atoms with van der Waals surface area (Å²) in [5.41, 5.74) is 7.77. The van der Waals surface area contributed by atoms with E-state index < -0.39 is 0 Å². The van der Waals surface area contributed by atoms with E-state index >= 15 is 0 Å². The summed E-state index contributed by atoms with van der Waals surface area (Å²) in [5, 5.41) is 0. The van der Waals surface area contributed by atoms with E-state index in [9.17, 15) is 0 Å². The summed E-state index contributed by atoms with van der Waals surface area (Å²) < 4.78 is 1.52. The molecule has 3 rings (SSSR count). The van der Waals surface area contributed by atoms with Gasteiger partial charge in [0.25, 0.3) is 0 Å². The standard InChI is InChI=1S/C17H17.2ClH.Zr/c1-17(2,3)16-10-6-9-14-13-8-5-4-7-12(13)11-15(14)16;;;/h4-9H,11H2,1-3H3;2*1H;/q;;;+2/p-2. The Bertz CT molecular complexity index is 627. The Balaban J connectivity index is 0.000001000. The maximum Gasteiger partial charge on any atom is -1.00 e. The molecule has 0 N–H and O–H groups in total. The summed E-state index contributed by atoms with van der Waals surface area (Å²) >= 11 is 1.52. The van der Waals surface area contributed by atoms with Crippen LogP contribution < -0.4 is 28.1 Å². The van der Waals surface area contributed by atoms with Gasteiger partial charge in [0.15, 0.2) is 0 Å². The van der Waals surface area contributed by atoms with Gasteiger partial charge >= 0.3 is 125 Å². The molecule has 2 aromatic carbocycles. The van der Waals surface area contributed by atoms with Crippen LogP contribution in [0.15, 0.2) is 36.4 Å². The van der Waals surface area contributed by atoms with Crippen LogP contribution in [0.2, 0.25) is 0 Å². The predicted molar refractivity (Wildman–Crippen MR) is 73.0 cm³/mol. The van der Waals surface area contributed by atoms with Gasteiger partial charge in [-0.1, -0.05) is 0 Å². The van der Waals surface area contributed by atoms with Gasteiger partial charge in [0, 0.05) is 0 Å². The van der Waals surface area contributed by atoms with Crippen LogP contribution in [0.3, 0.4) is 0 Å². The minimum Gasteiger partial charge on any atom is -1.00 e. The summed E-state index contributed by atoms with van der Waals surface area (Å²) in [6.45, 7) is 7.00. The molecule has 1 aliphatic rings. The fourth-order valence-electron chi connectivity index (χ4n) is 3.07. The van der Waals surface area contributed by atoms with Crippen molar-refractivity contribution in [2.75, 3.05) is 0 Å². The Morgan fingerprint density at radius 3 is 2.20 bits per heavy atom. The van der Waals surface area contributed by atoms with Crippen LogP contribution >= 0.6 is 0 Å². The number of benzene rings is 2. The molecule has 1 aliphatic carbocycles. The second kappa shape index (κ2) is 6.34. The van der Waals surface area contributed by atoms with Crippen LogP contribution in [-0.2, 0) is 36.6 Å². The average Bonchev–Trinajstić information content (AvgIpc) is 2.64. The van der Waals surface area contributed by atoms with E-state index in [1.54, 1.807) is 11.1 Å². The molecule has 0 nitrogen and oxygen atoms in total. The average molecular weight is 383 g/mol. The van der Waals surface area contributed by atoms with Crippen molar-refractivity contribution in [1.29, 1.82) is 0 Å². The Labute approximate surface area is 149 Å². The van der Waals surface area contributed by atoms with Gasteiger partial charge < -0.3 is 24.8 Å². The number of rotatable bonds is 0. The third-order valence-electron chi connectivity index (χ3n) is 3.74. The fraction of sp³-hybridized carbons (Fsp3) is 0.294. The molecule has 0 atom stereocenters. The Kier molecular flexibility index (Phi) is 5.70. The first kappa shape index (κ1) is 18.0. The van der Waals surface area contributed by atoms with E-state index in [1.165, 1.54) is 44.7 Å². The van der Waals surface area contributed by atoms with Crippen molar-refractivity contribution in [3.8, 4) is 11.1 Å². The van der Waals surface area contributed by atoms with Crippen LogP contribution in [0.5, 0.6) is 0 Å². The van der Waals surface area contributed by atoms with Crippen molar-refractivity contribution in [3.05, 3.63) is 53.1 Å². The van der Waals surface area contributed by atoms with Crippen molar-refractivity contribution in [2.24, 2.45) is 0 Å². The van der Waals surface area contributed by atoms with Crippen molar-refractivity contribution < 1.29 is 49.5 Å². The molecule has 0 heterocycles. The van der Waals surface area contributed by atoms with Gasteiger partial charge in [-0.25, -0.2) is 0 Å². The summed E-state index contributed by atoms with van der Waals surface area (Å²) in [6, 6.07) is 13.5. The van der Waals surface area contributed by atoms with Crippen molar-refractivity contribution >= 4 is 3.27 Å². The minimum atomic E-state index is 0.